The Hall–Kier alpha value is -0.280. The van der Waals surface area contributed by atoms with Crippen molar-refractivity contribution in [3.05, 3.63) is 0 Å². The zero-order valence-electron chi connectivity index (χ0n) is 9.68. The fourth-order valence-corrected chi connectivity index (χ4v) is 3.02. The van der Waals surface area contributed by atoms with Gasteiger partial charge in [0.15, 0.2) is 5.78 Å². The summed E-state index contributed by atoms with van der Waals surface area (Å²) in [5, 5.41) is 0. The van der Waals surface area contributed by atoms with Crippen molar-refractivity contribution in [1.29, 1.82) is 0 Å². The quantitative estimate of drug-likeness (QED) is 0.448. The molecule has 0 amide bonds. The Bertz CT molecular complexity index is 309. The molecule has 0 bridgehead atoms. The number of ketones is 1. The Balaban J connectivity index is 3.05. The van der Waals surface area contributed by atoms with Crippen LogP contribution >= 0.6 is 23.2 Å². The molecule has 5 heteroatoms. The molecule has 1 aliphatic carbocycles. The molecule has 92 valence electrons. The topological polar surface area (TPSA) is 43.4 Å². The van der Waals surface area contributed by atoms with Gasteiger partial charge >= 0.3 is 5.97 Å². The van der Waals surface area contributed by atoms with Crippen LogP contribution < -0.4 is 0 Å². The predicted octanol–water partition coefficient (Wildman–Crippen LogP) is 2.52. The molecule has 1 rings (SSSR count). The molecule has 0 aliphatic heterocycles. The predicted molar refractivity (Wildman–Crippen MR) is 62.9 cm³/mol. The molecular formula is C11H16Cl2O3. The van der Waals surface area contributed by atoms with E-state index in [-0.39, 0.29) is 18.8 Å². The second-order valence-corrected chi connectivity index (χ2v) is 6.08. The first-order valence-electron chi connectivity index (χ1n) is 5.33. The highest BCUT2D eigenvalue weighted by atomic mass is 35.5. The molecular weight excluding hydrogens is 251 g/mol. The van der Waals surface area contributed by atoms with Gasteiger partial charge in [0.25, 0.3) is 0 Å². The molecule has 3 nitrogen and oxygen atoms in total. The first-order chi connectivity index (χ1) is 7.24. The van der Waals surface area contributed by atoms with Crippen LogP contribution in [0.25, 0.3) is 0 Å². The Morgan fingerprint density at radius 3 is 2.62 bits per heavy atom. The zero-order chi connectivity index (χ0) is 12.6. The van der Waals surface area contributed by atoms with Gasteiger partial charge in [-0.25, -0.2) is 4.79 Å². The number of hydrogen-bond donors (Lipinski definition) is 0. The smallest absolute Gasteiger partial charge is 0.335 e. The third kappa shape index (κ3) is 2.21. The highest BCUT2D eigenvalue weighted by molar-refractivity contribution is 6.47. The van der Waals surface area contributed by atoms with Gasteiger partial charge in [-0.15, -0.1) is 11.6 Å². The molecule has 0 heterocycles. The van der Waals surface area contributed by atoms with Gasteiger partial charge in [0.05, 0.1) is 6.61 Å². The van der Waals surface area contributed by atoms with Gasteiger partial charge in [0, 0.05) is 17.2 Å². The molecule has 1 aliphatic rings. The van der Waals surface area contributed by atoms with Crippen LogP contribution in [0.3, 0.4) is 0 Å². The summed E-state index contributed by atoms with van der Waals surface area (Å²) in [5.74, 6) is -1.35. The van der Waals surface area contributed by atoms with Crippen molar-refractivity contribution in [2.24, 2.45) is 5.92 Å². The van der Waals surface area contributed by atoms with Gasteiger partial charge < -0.3 is 4.74 Å². The van der Waals surface area contributed by atoms with Crippen molar-refractivity contribution in [3.63, 3.8) is 0 Å². The first kappa shape index (κ1) is 13.8. The van der Waals surface area contributed by atoms with E-state index in [9.17, 15) is 9.59 Å². The van der Waals surface area contributed by atoms with Gasteiger partial charge in [-0.1, -0.05) is 11.6 Å². The first-order valence-corrected chi connectivity index (χ1v) is 6.08. The van der Waals surface area contributed by atoms with E-state index in [1.165, 1.54) is 0 Å². The third-order valence-corrected chi connectivity index (χ3v) is 3.84. The van der Waals surface area contributed by atoms with E-state index >= 15 is 0 Å². The van der Waals surface area contributed by atoms with Gasteiger partial charge in [-0.05, 0) is 27.2 Å². The Labute approximate surface area is 105 Å². The monoisotopic (exact) mass is 266 g/mol. The summed E-state index contributed by atoms with van der Waals surface area (Å²) in [4.78, 5) is 21.3. The summed E-state index contributed by atoms with van der Waals surface area (Å²) < 4.78 is 4.87. The summed E-state index contributed by atoms with van der Waals surface area (Å²) >= 11 is 12.4. The minimum Gasteiger partial charge on any atom is -0.464 e. The van der Waals surface area contributed by atoms with Crippen molar-refractivity contribution in [1.82, 2.24) is 0 Å². The molecule has 0 aromatic heterocycles. The molecule has 0 radical (unpaired) electrons. The van der Waals surface area contributed by atoms with Crippen LogP contribution in [0.15, 0.2) is 0 Å². The highest BCUT2D eigenvalue weighted by Crippen LogP contribution is 2.47. The SMILES string of the molecule is CCOC(=O)[C@]1(Cl)C(=O)CC[C@@H]1C(C)(C)Cl. The van der Waals surface area contributed by atoms with E-state index in [0.717, 1.165) is 0 Å². The van der Waals surface area contributed by atoms with E-state index in [0.29, 0.717) is 6.42 Å². The van der Waals surface area contributed by atoms with E-state index < -0.39 is 21.6 Å². The van der Waals surface area contributed by atoms with Crippen LogP contribution in [0.2, 0.25) is 0 Å². The number of Topliss-reactive ketones (excluding diaryl/α,β-unsaturated/α-hetero) is 1. The normalized spacial score (nSPS) is 30.6. The van der Waals surface area contributed by atoms with Crippen molar-refractivity contribution < 1.29 is 14.3 Å². The number of carbonyl (C=O) groups excluding carboxylic acids is 2. The molecule has 1 saturated carbocycles. The lowest BCUT2D eigenvalue weighted by Gasteiger charge is -2.33. The Morgan fingerprint density at radius 1 is 1.62 bits per heavy atom. The van der Waals surface area contributed by atoms with Gasteiger partial charge in [-0.3, -0.25) is 4.79 Å². The van der Waals surface area contributed by atoms with Crippen LogP contribution in [-0.4, -0.2) is 28.1 Å². The molecule has 0 aromatic carbocycles. The van der Waals surface area contributed by atoms with Crippen molar-refractivity contribution in [2.75, 3.05) is 6.61 Å². The zero-order valence-corrected chi connectivity index (χ0v) is 11.2. The summed E-state index contributed by atoms with van der Waals surface area (Å²) in [6, 6.07) is 0. The largest absolute Gasteiger partial charge is 0.464 e. The summed E-state index contributed by atoms with van der Waals surface area (Å²) in [6.45, 7) is 5.40. The molecule has 0 spiro atoms. The molecule has 2 atom stereocenters. The third-order valence-electron chi connectivity index (χ3n) is 2.95. The summed E-state index contributed by atoms with van der Waals surface area (Å²) in [6.07, 6.45) is 0.806. The Kier molecular flexibility index (Phi) is 3.91. The van der Waals surface area contributed by atoms with Crippen molar-refractivity contribution >= 4 is 35.0 Å². The maximum Gasteiger partial charge on any atom is 0.335 e. The average molecular weight is 267 g/mol. The van der Waals surface area contributed by atoms with Crippen LogP contribution in [0.1, 0.15) is 33.6 Å². The number of hydrogen-bond acceptors (Lipinski definition) is 3. The fraction of sp³-hybridized carbons (Fsp3) is 0.818. The Morgan fingerprint density at radius 2 is 2.19 bits per heavy atom. The standard InChI is InChI=1S/C11H16Cl2O3/c1-4-16-9(15)11(13)7(10(2,3)12)5-6-8(11)14/h7H,4-6H2,1-3H3/t7-,11-/m1/s1. The number of esters is 1. The number of alkyl halides is 2. The number of rotatable bonds is 3. The molecule has 0 N–H and O–H groups in total. The van der Waals surface area contributed by atoms with Crippen LogP contribution in [0.4, 0.5) is 0 Å². The van der Waals surface area contributed by atoms with Crippen LogP contribution in [0.5, 0.6) is 0 Å². The summed E-state index contributed by atoms with van der Waals surface area (Å²) in [7, 11) is 0. The summed E-state index contributed by atoms with van der Waals surface area (Å²) in [5.41, 5.74) is 0. The molecule has 0 aromatic rings. The lowest BCUT2D eigenvalue weighted by molar-refractivity contribution is -0.150. The van der Waals surface area contributed by atoms with E-state index in [2.05, 4.69) is 0 Å². The second kappa shape index (κ2) is 4.53. The second-order valence-electron chi connectivity index (χ2n) is 4.51. The molecule has 0 saturated heterocycles. The lowest BCUT2D eigenvalue weighted by atomic mass is 9.84. The van der Waals surface area contributed by atoms with Crippen molar-refractivity contribution in [3.8, 4) is 0 Å². The number of carbonyl (C=O) groups is 2. The van der Waals surface area contributed by atoms with Gasteiger partial charge in [-0.2, -0.15) is 0 Å². The van der Waals surface area contributed by atoms with E-state index in [1.807, 2.05) is 0 Å². The molecule has 0 unspecified atom stereocenters. The van der Waals surface area contributed by atoms with Crippen molar-refractivity contribution in [2.45, 2.75) is 43.4 Å². The molecule has 16 heavy (non-hydrogen) atoms. The van der Waals surface area contributed by atoms with E-state index in [1.54, 1.807) is 20.8 Å². The molecule has 1 fully saturated rings. The maximum absolute atomic E-state index is 11.8. The minimum absolute atomic E-state index is 0.204. The minimum atomic E-state index is -1.60. The fourth-order valence-electron chi connectivity index (χ4n) is 2.16. The number of ether oxygens (including phenoxy) is 1. The number of halogens is 2. The lowest BCUT2D eigenvalue weighted by Crippen LogP contribution is -2.49. The van der Waals surface area contributed by atoms with Crippen LogP contribution in [0, 0.1) is 5.92 Å². The van der Waals surface area contributed by atoms with E-state index in [4.69, 9.17) is 27.9 Å². The average Bonchev–Trinajstić information content (AvgIpc) is 2.44. The highest BCUT2D eigenvalue weighted by Gasteiger charge is 2.59. The van der Waals surface area contributed by atoms with Gasteiger partial charge in [0.2, 0.25) is 4.87 Å². The van der Waals surface area contributed by atoms with Crippen LogP contribution in [-0.2, 0) is 14.3 Å². The maximum atomic E-state index is 11.8. The van der Waals surface area contributed by atoms with Gasteiger partial charge in [0.1, 0.15) is 0 Å².